The van der Waals surface area contributed by atoms with Crippen molar-refractivity contribution in [2.75, 3.05) is 13.2 Å². The van der Waals surface area contributed by atoms with E-state index in [-0.39, 0.29) is 0 Å². The van der Waals surface area contributed by atoms with Gasteiger partial charge in [-0.05, 0) is 32.4 Å². The summed E-state index contributed by atoms with van der Waals surface area (Å²) in [5.74, 6) is 0.615. The van der Waals surface area contributed by atoms with E-state index in [0.717, 1.165) is 12.2 Å². The number of nitrogens with one attached hydrogen (secondary N) is 1. The van der Waals surface area contributed by atoms with Crippen LogP contribution in [0, 0.1) is 6.92 Å². The van der Waals surface area contributed by atoms with Crippen molar-refractivity contribution in [1.29, 1.82) is 0 Å². The summed E-state index contributed by atoms with van der Waals surface area (Å²) >= 11 is 0. The highest BCUT2D eigenvalue weighted by atomic mass is 16.5. The standard InChI is InChI=1S/C10H15N3O/c1-8-4-5-10(13-12-8)14-7-9-3-2-6-11-9/h4-5,9,11H,2-3,6-7H2,1H3. The fourth-order valence-electron chi connectivity index (χ4n) is 1.55. The van der Waals surface area contributed by atoms with E-state index >= 15 is 0 Å². The van der Waals surface area contributed by atoms with Gasteiger partial charge in [-0.3, -0.25) is 0 Å². The minimum Gasteiger partial charge on any atom is -0.475 e. The van der Waals surface area contributed by atoms with Crippen molar-refractivity contribution in [3.8, 4) is 5.88 Å². The highest BCUT2D eigenvalue weighted by Crippen LogP contribution is 2.08. The van der Waals surface area contributed by atoms with Gasteiger partial charge in [0.25, 0.3) is 0 Å². The van der Waals surface area contributed by atoms with Gasteiger partial charge in [-0.15, -0.1) is 5.10 Å². The number of ether oxygens (including phenoxy) is 1. The maximum Gasteiger partial charge on any atom is 0.233 e. The first-order chi connectivity index (χ1) is 6.84. The normalized spacial score (nSPS) is 21.1. The molecule has 14 heavy (non-hydrogen) atoms. The van der Waals surface area contributed by atoms with Gasteiger partial charge in [-0.2, -0.15) is 5.10 Å². The second-order valence-corrected chi connectivity index (χ2v) is 3.62. The lowest BCUT2D eigenvalue weighted by atomic mass is 10.2. The van der Waals surface area contributed by atoms with Gasteiger partial charge in [0.05, 0.1) is 5.69 Å². The largest absolute Gasteiger partial charge is 0.475 e. The molecule has 4 nitrogen and oxygen atoms in total. The summed E-state index contributed by atoms with van der Waals surface area (Å²) in [7, 11) is 0. The Hall–Kier alpha value is -1.16. The molecule has 0 aliphatic carbocycles. The van der Waals surface area contributed by atoms with Crippen molar-refractivity contribution in [1.82, 2.24) is 15.5 Å². The van der Waals surface area contributed by atoms with Crippen LogP contribution < -0.4 is 10.1 Å². The Balaban J connectivity index is 1.82. The van der Waals surface area contributed by atoms with Crippen LogP contribution in [0.2, 0.25) is 0 Å². The Kier molecular flexibility index (Phi) is 2.93. The van der Waals surface area contributed by atoms with Crippen LogP contribution in [0.25, 0.3) is 0 Å². The molecule has 1 N–H and O–H groups in total. The van der Waals surface area contributed by atoms with Gasteiger partial charge >= 0.3 is 0 Å². The quantitative estimate of drug-likeness (QED) is 0.775. The molecule has 0 saturated carbocycles. The maximum absolute atomic E-state index is 5.51. The molecule has 1 fully saturated rings. The Morgan fingerprint density at radius 1 is 1.50 bits per heavy atom. The molecule has 4 heteroatoms. The second kappa shape index (κ2) is 4.37. The SMILES string of the molecule is Cc1ccc(OCC2CCCN2)nn1. The van der Waals surface area contributed by atoms with Crippen LogP contribution in [0.15, 0.2) is 12.1 Å². The molecule has 0 radical (unpaired) electrons. The number of aromatic nitrogens is 2. The molecule has 0 aromatic carbocycles. The van der Waals surface area contributed by atoms with E-state index in [4.69, 9.17) is 4.74 Å². The van der Waals surface area contributed by atoms with Crippen LogP contribution in [-0.2, 0) is 0 Å². The van der Waals surface area contributed by atoms with E-state index in [2.05, 4.69) is 15.5 Å². The van der Waals surface area contributed by atoms with Crippen molar-refractivity contribution < 1.29 is 4.74 Å². The molecule has 2 rings (SSSR count). The summed E-state index contributed by atoms with van der Waals surface area (Å²) in [4.78, 5) is 0. The van der Waals surface area contributed by atoms with E-state index in [1.165, 1.54) is 12.8 Å². The molecular weight excluding hydrogens is 178 g/mol. The highest BCUT2D eigenvalue weighted by molar-refractivity contribution is 5.10. The van der Waals surface area contributed by atoms with Crippen molar-refractivity contribution in [3.63, 3.8) is 0 Å². The Morgan fingerprint density at radius 2 is 2.43 bits per heavy atom. The van der Waals surface area contributed by atoms with Crippen LogP contribution in [0.5, 0.6) is 5.88 Å². The molecule has 1 saturated heterocycles. The van der Waals surface area contributed by atoms with E-state index in [1.54, 1.807) is 0 Å². The van der Waals surface area contributed by atoms with Gasteiger partial charge in [0.1, 0.15) is 6.61 Å². The van der Waals surface area contributed by atoms with Crippen molar-refractivity contribution in [3.05, 3.63) is 17.8 Å². The summed E-state index contributed by atoms with van der Waals surface area (Å²) in [6.45, 7) is 3.71. The lowest BCUT2D eigenvalue weighted by Gasteiger charge is -2.10. The van der Waals surface area contributed by atoms with Gasteiger partial charge in [0.2, 0.25) is 5.88 Å². The first-order valence-electron chi connectivity index (χ1n) is 5.01. The summed E-state index contributed by atoms with van der Waals surface area (Å²) in [6.07, 6.45) is 2.44. The van der Waals surface area contributed by atoms with Gasteiger partial charge in [-0.1, -0.05) is 0 Å². The number of hydrogen-bond acceptors (Lipinski definition) is 4. The smallest absolute Gasteiger partial charge is 0.233 e. The van der Waals surface area contributed by atoms with Crippen molar-refractivity contribution in [2.24, 2.45) is 0 Å². The van der Waals surface area contributed by atoms with E-state index in [1.807, 2.05) is 19.1 Å². The molecule has 1 aliphatic rings. The zero-order valence-corrected chi connectivity index (χ0v) is 8.36. The van der Waals surface area contributed by atoms with Gasteiger partial charge in [0, 0.05) is 12.1 Å². The minimum absolute atomic E-state index is 0.484. The molecule has 76 valence electrons. The first-order valence-corrected chi connectivity index (χ1v) is 5.01. The average Bonchev–Trinajstić information content (AvgIpc) is 2.70. The monoisotopic (exact) mass is 193 g/mol. The lowest BCUT2D eigenvalue weighted by Crippen LogP contribution is -2.28. The third-order valence-corrected chi connectivity index (χ3v) is 2.37. The molecular formula is C10H15N3O. The molecule has 1 aromatic heterocycles. The molecule has 1 aromatic rings. The van der Waals surface area contributed by atoms with Crippen molar-refractivity contribution in [2.45, 2.75) is 25.8 Å². The highest BCUT2D eigenvalue weighted by Gasteiger charge is 2.14. The molecule has 0 bridgehead atoms. The van der Waals surface area contributed by atoms with E-state index < -0.39 is 0 Å². The number of aryl methyl sites for hydroxylation is 1. The van der Waals surface area contributed by atoms with E-state index in [0.29, 0.717) is 18.5 Å². The number of nitrogens with zero attached hydrogens (tertiary/aromatic N) is 2. The van der Waals surface area contributed by atoms with E-state index in [9.17, 15) is 0 Å². The summed E-state index contributed by atoms with van der Waals surface area (Å²) in [6, 6.07) is 4.25. The molecule has 1 aliphatic heterocycles. The Bertz CT molecular complexity index is 280. The first kappa shape index (κ1) is 9.40. The van der Waals surface area contributed by atoms with Gasteiger partial charge < -0.3 is 10.1 Å². The molecule has 2 heterocycles. The predicted molar refractivity (Wildman–Crippen MR) is 53.3 cm³/mol. The number of hydrogen-bond donors (Lipinski definition) is 1. The van der Waals surface area contributed by atoms with Gasteiger partial charge in [-0.25, -0.2) is 0 Å². The topological polar surface area (TPSA) is 47.0 Å². The van der Waals surface area contributed by atoms with Gasteiger partial charge in [0.15, 0.2) is 0 Å². The summed E-state index contributed by atoms with van der Waals surface area (Å²) in [5, 5.41) is 11.2. The fraction of sp³-hybridized carbons (Fsp3) is 0.600. The number of rotatable bonds is 3. The second-order valence-electron chi connectivity index (χ2n) is 3.62. The molecule has 1 atom stereocenters. The van der Waals surface area contributed by atoms with Crippen LogP contribution in [-0.4, -0.2) is 29.4 Å². The Morgan fingerprint density at radius 3 is 3.07 bits per heavy atom. The molecule has 0 amide bonds. The summed E-state index contributed by atoms with van der Waals surface area (Å²) in [5.41, 5.74) is 0.913. The predicted octanol–water partition coefficient (Wildman–Crippen LogP) is 0.916. The Labute approximate surface area is 83.7 Å². The maximum atomic E-state index is 5.51. The average molecular weight is 193 g/mol. The molecule has 1 unspecified atom stereocenters. The van der Waals surface area contributed by atoms with Crippen LogP contribution in [0.3, 0.4) is 0 Å². The third-order valence-electron chi connectivity index (χ3n) is 2.37. The van der Waals surface area contributed by atoms with Crippen molar-refractivity contribution >= 4 is 0 Å². The minimum atomic E-state index is 0.484. The molecule has 0 spiro atoms. The van der Waals surface area contributed by atoms with Crippen LogP contribution >= 0.6 is 0 Å². The van der Waals surface area contributed by atoms with Crippen LogP contribution in [0.4, 0.5) is 0 Å². The lowest BCUT2D eigenvalue weighted by molar-refractivity contribution is 0.264. The third kappa shape index (κ3) is 2.42. The zero-order valence-electron chi connectivity index (χ0n) is 8.36. The van der Waals surface area contributed by atoms with Crippen LogP contribution in [0.1, 0.15) is 18.5 Å². The fourth-order valence-corrected chi connectivity index (χ4v) is 1.55. The summed E-state index contributed by atoms with van der Waals surface area (Å²) < 4.78 is 5.51. The zero-order chi connectivity index (χ0) is 9.80.